The lowest BCUT2D eigenvalue weighted by molar-refractivity contribution is -0.139. The van der Waals surface area contributed by atoms with E-state index in [1.807, 2.05) is 20.0 Å². The zero-order valence-electron chi connectivity index (χ0n) is 15.6. The topological polar surface area (TPSA) is 97.2 Å². The minimum atomic E-state index is -0.262. The molecule has 8 heteroatoms. The Kier molecular flexibility index (Phi) is 4.38. The number of likely N-dealkylation sites (tertiary alicyclic amines) is 1. The summed E-state index contributed by atoms with van der Waals surface area (Å²) >= 11 is 0. The third-order valence-electron chi connectivity index (χ3n) is 4.83. The van der Waals surface area contributed by atoms with Crippen molar-refractivity contribution in [2.45, 2.75) is 26.3 Å². The fourth-order valence-corrected chi connectivity index (χ4v) is 3.32. The van der Waals surface area contributed by atoms with Crippen LogP contribution in [0.2, 0.25) is 0 Å². The number of pyridine rings is 1. The standard InChI is InChI=1S/C20H19N5O3/c1-12-16-9-15(10-21-19(16)24(2)23-12)22-20(28)14-5-3-13(4-6-14)11-25-17(26)7-8-18(25)27/h3-6,9-10H,7-8,11H2,1-2H3,(H,22,28). The van der Waals surface area contributed by atoms with Gasteiger partial charge in [0.1, 0.15) is 0 Å². The number of carbonyl (C=O) groups excluding carboxylic acids is 3. The van der Waals surface area contributed by atoms with Gasteiger partial charge in [-0.3, -0.25) is 24.0 Å². The molecule has 1 aliphatic rings. The maximum Gasteiger partial charge on any atom is 0.255 e. The number of benzene rings is 1. The highest BCUT2D eigenvalue weighted by Crippen LogP contribution is 2.20. The summed E-state index contributed by atoms with van der Waals surface area (Å²) in [6.07, 6.45) is 2.14. The lowest BCUT2D eigenvalue weighted by atomic mass is 10.1. The molecule has 0 aliphatic carbocycles. The van der Waals surface area contributed by atoms with Gasteiger partial charge in [0, 0.05) is 30.8 Å². The summed E-state index contributed by atoms with van der Waals surface area (Å²) in [6, 6.07) is 8.70. The molecule has 3 aromatic rings. The minimum Gasteiger partial charge on any atom is -0.321 e. The van der Waals surface area contributed by atoms with Crippen LogP contribution in [0.1, 0.15) is 34.5 Å². The fraction of sp³-hybridized carbons (Fsp3) is 0.250. The number of anilines is 1. The van der Waals surface area contributed by atoms with Gasteiger partial charge < -0.3 is 5.32 Å². The highest BCUT2D eigenvalue weighted by Gasteiger charge is 2.28. The smallest absolute Gasteiger partial charge is 0.255 e. The van der Waals surface area contributed by atoms with Crippen LogP contribution in [0.25, 0.3) is 11.0 Å². The number of aryl methyl sites for hydroxylation is 2. The van der Waals surface area contributed by atoms with E-state index in [4.69, 9.17) is 0 Å². The third-order valence-corrected chi connectivity index (χ3v) is 4.83. The van der Waals surface area contributed by atoms with Crippen molar-refractivity contribution < 1.29 is 14.4 Å². The average molecular weight is 377 g/mol. The number of amides is 3. The largest absolute Gasteiger partial charge is 0.321 e. The lowest BCUT2D eigenvalue weighted by Crippen LogP contribution is -2.28. The number of nitrogens with zero attached hydrogens (tertiary/aromatic N) is 4. The van der Waals surface area contributed by atoms with Crippen LogP contribution in [0.3, 0.4) is 0 Å². The van der Waals surface area contributed by atoms with Crippen molar-refractivity contribution >= 4 is 34.4 Å². The molecular weight excluding hydrogens is 358 g/mol. The van der Waals surface area contributed by atoms with Gasteiger partial charge in [-0.15, -0.1) is 0 Å². The summed E-state index contributed by atoms with van der Waals surface area (Å²) < 4.78 is 1.70. The van der Waals surface area contributed by atoms with Gasteiger partial charge in [0.05, 0.1) is 24.1 Å². The number of nitrogens with one attached hydrogen (secondary N) is 1. The van der Waals surface area contributed by atoms with Crippen LogP contribution in [0.5, 0.6) is 0 Å². The molecule has 3 amide bonds. The number of fused-ring (bicyclic) bond motifs is 1. The summed E-state index contributed by atoms with van der Waals surface area (Å²) in [5.74, 6) is -0.566. The predicted molar refractivity (Wildman–Crippen MR) is 102 cm³/mol. The van der Waals surface area contributed by atoms with Gasteiger partial charge in [-0.05, 0) is 30.7 Å². The first-order chi connectivity index (χ1) is 13.4. The van der Waals surface area contributed by atoms with Crippen molar-refractivity contribution in [3.63, 3.8) is 0 Å². The van der Waals surface area contributed by atoms with E-state index < -0.39 is 0 Å². The van der Waals surface area contributed by atoms with Crippen LogP contribution >= 0.6 is 0 Å². The second-order valence-electron chi connectivity index (χ2n) is 6.83. The molecule has 0 saturated carbocycles. The Balaban J connectivity index is 1.47. The van der Waals surface area contributed by atoms with Crippen molar-refractivity contribution in [3.05, 3.63) is 53.3 Å². The van der Waals surface area contributed by atoms with Gasteiger partial charge in [0.25, 0.3) is 5.91 Å². The molecule has 0 atom stereocenters. The third kappa shape index (κ3) is 3.24. The summed E-state index contributed by atoms with van der Waals surface area (Å²) in [7, 11) is 1.82. The second kappa shape index (κ2) is 6.88. The number of carbonyl (C=O) groups is 3. The first kappa shape index (κ1) is 17.8. The summed E-state index contributed by atoms with van der Waals surface area (Å²) in [6.45, 7) is 2.13. The Morgan fingerprint density at radius 3 is 2.50 bits per heavy atom. The normalized spacial score (nSPS) is 14.1. The van der Waals surface area contributed by atoms with E-state index in [9.17, 15) is 14.4 Å². The quantitative estimate of drug-likeness (QED) is 0.703. The molecule has 8 nitrogen and oxygen atoms in total. The molecule has 1 aliphatic heterocycles. The molecule has 1 fully saturated rings. The van der Waals surface area contributed by atoms with E-state index >= 15 is 0 Å². The van der Waals surface area contributed by atoms with E-state index in [0.717, 1.165) is 22.3 Å². The molecule has 0 unspecified atom stereocenters. The molecule has 142 valence electrons. The van der Waals surface area contributed by atoms with Crippen molar-refractivity contribution in [2.75, 3.05) is 5.32 Å². The number of hydrogen-bond donors (Lipinski definition) is 1. The summed E-state index contributed by atoms with van der Waals surface area (Å²) in [5, 5.41) is 8.04. The average Bonchev–Trinajstić information content (AvgIpc) is 3.15. The minimum absolute atomic E-state index is 0.152. The molecule has 4 rings (SSSR count). The summed E-state index contributed by atoms with van der Waals surface area (Å²) in [5.41, 5.74) is 3.47. The van der Waals surface area contributed by atoms with E-state index in [0.29, 0.717) is 11.3 Å². The Hall–Kier alpha value is -3.55. The van der Waals surface area contributed by atoms with Crippen molar-refractivity contribution in [2.24, 2.45) is 7.05 Å². The van der Waals surface area contributed by atoms with Crippen molar-refractivity contribution in [1.82, 2.24) is 19.7 Å². The van der Waals surface area contributed by atoms with Crippen molar-refractivity contribution in [1.29, 1.82) is 0 Å². The molecule has 1 N–H and O–H groups in total. The number of rotatable bonds is 4. The lowest BCUT2D eigenvalue weighted by Gasteiger charge is -2.14. The molecule has 1 aromatic carbocycles. The van der Waals surface area contributed by atoms with Crippen LogP contribution in [0.4, 0.5) is 5.69 Å². The molecule has 0 bridgehead atoms. The maximum absolute atomic E-state index is 12.5. The van der Waals surface area contributed by atoms with Crippen LogP contribution in [0.15, 0.2) is 36.5 Å². The van der Waals surface area contributed by atoms with Gasteiger partial charge in [0.15, 0.2) is 5.65 Å². The van der Waals surface area contributed by atoms with E-state index in [-0.39, 0.29) is 37.1 Å². The number of hydrogen-bond acceptors (Lipinski definition) is 5. The van der Waals surface area contributed by atoms with Crippen LogP contribution < -0.4 is 5.32 Å². The van der Waals surface area contributed by atoms with Gasteiger partial charge in [0.2, 0.25) is 11.8 Å². The fourth-order valence-electron chi connectivity index (χ4n) is 3.32. The van der Waals surface area contributed by atoms with Gasteiger partial charge >= 0.3 is 0 Å². The number of aromatic nitrogens is 3. The van der Waals surface area contributed by atoms with Crippen LogP contribution in [0, 0.1) is 6.92 Å². The first-order valence-corrected chi connectivity index (χ1v) is 8.95. The highest BCUT2D eigenvalue weighted by atomic mass is 16.2. The monoisotopic (exact) mass is 377 g/mol. The zero-order valence-corrected chi connectivity index (χ0v) is 15.6. The van der Waals surface area contributed by atoms with Crippen LogP contribution in [-0.4, -0.2) is 37.4 Å². The Morgan fingerprint density at radius 2 is 1.82 bits per heavy atom. The van der Waals surface area contributed by atoms with Gasteiger partial charge in [-0.2, -0.15) is 5.10 Å². The molecule has 0 spiro atoms. The van der Waals surface area contributed by atoms with E-state index in [2.05, 4.69) is 15.4 Å². The summed E-state index contributed by atoms with van der Waals surface area (Å²) in [4.78, 5) is 41.6. The molecule has 0 radical (unpaired) electrons. The Morgan fingerprint density at radius 1 is 1.14 bits per heavy atom. The molecule has 1 saturated heterocycles. The Bertz CT molecular complexity index is 1080. The highest BCUT2D eigenvalue weighted by molar-refractivity contribution is 6.05. The zero-order chi connectivity index (χ0) is 19.8. The molecule has 2 aromatic heterocycles. The molecular formula is C20H19N5O3. The SMILES string of the molecule is Cc1nn(C)c2ncc(NC(=O)c3ccc(CN4C(=O)CCC4=O)cc3)cc12. The molecule has 28 heavy (non-hydrogen) atoms. The maximum atomic E-state index is 12.5. The van der Waals surface area contributed by atoms with Gasteiger partial charge in [-0.25, -0.2) is 4.98 Å². The predicted octanol–water partition coefficient (Wildman–Crippen LogP) is 2.18. The van der Waals surface area contributed by atoms with Crippen molar-refractivity contribution in [3.8, 4) is 0 Å². The van der Waals surface area contributed by atoms with Gasteiger partial charge in [-0.1, -0.05) is 12.1 Å². The first-order valence-electron chi connectivity index (χ1n) is 8.95. The van der Waals surface area contributed by atoms with Crippen LogP contribution in [-0.2, 0) is 23.2 Å². The van der Waals surface area contributed by atoms with E-state index in [1.165, 1.54) is 4.90 Å². The second-order valence-corrected chi connectivity index (χ2v) is 6.83. The molecule has 3 heterocycles. The Labute approximate surface area is 161 Å². The number of imide groups is 1. The van der Waals surface area contributed by atoms with E-state index in [1.54, 1.807) is 35.1 Å².